The molecule has 1 fully saturated rings. The van der Waals surface area contributed by atoms with Gasteiger partial charge >= 0.3 is 5.97 Å². The van der Waals surface area contributed by atoms with Gasteiger partial charge < -0.3 is 19.5 Å². The molecule has 28 heavy (non-hydrogen) atoms. The molecule has 154 valence electrons. The van der Waals surface area contributed by atoms with E-state index >= 15 is 0 Å². The van der Waals surface area contributed by atoms with Crippen molar-refractivity contribution in [1.29, 1.82) is 0 Å². The van der Waals surface area contributed by atoms with Crippen LogP contribution in [0.4, 0.5) is 0 Å². The molecule has 0 aromatic heterocycles. The van der Waals surface area contributed by atoms with E-state index in [-0.39, 0.29) is 30.5 Å². The zero-order chi connectivity index (χ0) is 20.1. The van der Waals surface area contributed by atoms with Gasteiger partial charge in [0.25, 0.3) is 5.91 Å². The third-order valence-electron chi connectivity index (χ3n) is 4.77. The molecule has 0 aliphatic carbocycles. The summed E-state index contributed by atoms with van der Waals surface area (Å²) in [6, 6.07) is 4.60. The number of fused-ring (bicyclic) bond motifs is 1. The summed E-state index contributed by atoms with van der Waals surface area (Å²) in [7, 11) is -2.25. The van der Waals surface area contributed by atoms with Gasteiger partial charge in [0.05, 0.1) is 24.0 Å². The van der Waals surface area contributed by atoms with Crippen LogP contribution >= 0.6 is 0 Å². The minimum atomic E-state index is -3.70. The smallest absolute Gasteiger partial charge is 0.309 e. The van der Waals surface area contributed by atoms with Crippen LogP contribution in [0.1, 0.15) is 19.3 Å². The monoisotopic (exact) mass is 412 g/mol. The number of piperidine rings is 1. The molecule has 1 amide bonds. The van der Waals surface area contributed by atoms with Crippen LogP contribution in [-0.2, 0) is 24.3 Å². The Bertz CT molecular complexity index is 832. The number of benzene rings is 1. The number of hydrogen-bond acceptors (Lipinski definition) is 7. The predicted octanol–water partition coefficient (Wildman–Crippen LogP) is 0.538. The van der Waals surface area contributed by atoms with Crippen molar-refractivity contribution in [3.8, 4) is 11.5 Å². The van der Waals surface area contributed by atoms with E-state index in [9.17, 15) is 18.0 Å². The topological polar surface area (TPSA) is 111 Å². The molecule has 9 nitrogen and oxygen atoms in total. The number of amides is 1. The molecule has 2 heterocycles. The minimum Gasteiger partial charge on any atom is -0.490 e. The molecular formula is C18H24N2O7S. The van der Waals surface area contributed by atoms with Crippen molar-refractivity contribution in [3.05, 3.63) is 18.2 Å². The number of nitrogens with zero attached hydrogens (tertiary/aromatic N) is 1. The third kappa shape index (κ3) is 4.56. The van der Waals surface area contributed by atoms with Crippen molar-refractivity contribution in [2.24, 2.45) is 5.92 Å². The molecule has 3 rings (SSSR count). The second-order valence-electron chi connectivity index (χ2n) is 6.62. The number of rotatable bonds is 5. The van der Waals surface area contributed by atoms with Crippen molar-refractivity contribution in [2.45, 2.75) is 24.2 Å². The highest BCUT2D eigenvalue weighted by molar-refractivity contribution is 7.89. The Morgan fingerprint density at radius 1 is 1.18 bits per heavy atom. The summed E-state index contributed by atoms with van der Waals surface area (Å²) < 4.78 is 43.3. The summed E-state index contributed by atoms with van der Waals surface area (Å²) in [6.07, 6.45) is 1.42. The van der Waals surface area contributed by atoms with Crippen LogP contribution in [0.25, 0.3) is 0 Å². The van der Waals surface area contributed by atoms with Gasteiger partial charge in [0, 0.05) is 32.6 Å². The first kappa shape index (κ1) is 20.4. The van der Waals surface area contributed by atoms with Crippen LogP contribution in [0.5, 0.6) is 11.5 Å². The van der Waals surface area contributed by atoms with Gasteiger partial charge in [-0.1, -0.05) is 0 Å². The van der Waals surface area contributed by atoms with Crippen molar-refractivity contribution >= 4 is 21.9 Å². The lowest BCUT2D eigenvalue weighted by atomic mass is 9.98. The van der Waals surface area contributed by atoms with Crippen molar-refractivity contribution in [2.75, 3.05) is 40.0 Å². The van der Waals surface area contributed by atoms with Crippen LogP contribution in [0.2, 0.25) is 0 Å². The van der Waals surface area contributed by atoms with E-state index in [4.69, 9.17) is 14.2 Å². The van der Waals surface area contributed by atoms with Crippen LogP contribution in [-0.4, -0.2) is 64.6 Å². The van der Waals surface area contributed by atoms with Gasteiger partial charge in [-0.3, -0.25) is 9.59 Å². The van der Waals surface area contributed by atoms with Crippen LogP contribution in [0, 0.1) is 5.92 Å². The maximum Gasteiger partial charge on any atom is 0.309 e. The Morgan fingerprint density at radius 3 is 2.54 bits per heavy atom. The van der Waals surface area contributed by atoms with E-state index in [0.29, 0.717) is 37.6 Å². The molecule has 0 radical (unpaired) electrons. The van der Waals surface area contributed by atoms with E-state index in [2.05, 4.69) is 5.32 Å². The summed E-state index contributed by atoms with van der Waals surface area (Å²) >= 11 is 0. The zero-order valence-corrected chi connectivity index (χ0v) is 16.5. The van der Waals surface area contributed by atoms with Crippen molar-refractivity contribution in [1.82, 2.24) is 9.62 Å². The fraction of sp³-hybridized carbons (Fsp3) is 0.556. The molecule has 0 unspecified atom stereocenters. The highest BCUT2D eigenvalue weighted by Crippen LogP contribution is 2.33. The Kier molecular flexibility index (Phi) is 6.40. The van der Waals surface area contributed by atoms with E-state index in [1.807, 2.05) is 0 Å². The fourth-order valence-corrected chi connectivity index (χ4v) is 4.60. The Hall–Kier alpha value is -2.33. The summed E-state index contributed by atoms with van der Waals surface area (Å²) in [5.74, 6) is -0.320. The number of nitrogens with one attached hydrogen (secondary N) is 1. The molecule has 0 spiro atoms. The SMILES string of the molecule is CNC(=O)COC(=O)C1CCN(S(=O)(=O)c2ccc3c(c2)OCCCO3)CC1. The Morgan fingerprint density at radius 2 is 1.86 bits per heavy atom. The van der Waals surface area contributed by atoms with Crippen LogP contribution in [0.15, 0.2) is 23.1 Å². The summed E-state index contributed by atoms with van der Waals surface area (Å²) in [5, 5.41) is 2.37. The lowest BCUT2D eigenvalue weighted by Gasteiger charge is -2.30. The van der Waals surface area contributed by atoms with Crippen LogP contribution < -0.4 is 14.8 Å². The number of esters is 1. The third-order valence-corrected chi connectivity index (χ3v) is 6.66. The highest BCUT2D eigenvalue weighted by Gasteiger charge is 2.33. The molecule has 1 aromatic rings. The fourth-order valence-electron chi connectivity index (χ4n) is 3.11. The molecule has 10 heteroatoms. The number of carbonyl (C=O) groups is 2. The predicted molar refractivity (Wildman–Crippen MR) is 98.6 cm³/mol. The first-order valence-electron chi connectivity index (χ1n) is 9.19. The van der Waals surface area contributed by atoms with E-state index in [1.54, 1.807) is 6.07 Å². The first-order chi connectivity index (χ1) is 13.4. The standard InChI is InChI=1S/C18H24N2O7S/c1-19-17(21)12-27-18(22)13-5-7-20(8-6-13)28(23,24)14-3-4-15-16(11-14)26-10-2-9-25-15/h3-4,11,13H,2,5-10,12H2,1H3,(H,19,21). The molecule has 0 bridgehead atoms. The Labute approximate surface area is 164 Å². The average molecular weight is 412 g/mol. The van der Waals surface area contributed by atoms with Gasteiger partial charge in [0.2, 0.25) is 10.0 Å². The second-order valence-corrected chi connectivity index (χ2v) is 8.56. The lowest BCUT2D eigenvalue weighted by Crippen LogP contribution is -2.41. The molecular weight excluding hydrogens is 388 g/mol. The number of likely N-dealkylation sites (N-methyl/N-ethyl adjacent to an activating group) is 1. The normalized spacial score (nSPS) is 18.2. The first-order valence-corrected chi connectivity index (χ1v) is 10.6. The quantitative estimate of drug-likeness (QED) is 0.703. The van der Waals surface area contributed by atoms with Gasteiger partial charge in [0.1, 0.15) is 0 Å². The maximum atomic E-state index is 12.9. The molecule has 2 aliphatic rings. The molecule has 2 aliphatic heterocycles. The second kappa shape index (κ2) is 8.78. The lowest BCUT2D eigenvalue weighted by molar-refractivity contribution is -0.153. The molecule has 1 saturated heterocycles. The Balaban J connectivity index is 1.62. The van der Waals surface area contributed by atoms with Gasteiger partial charge in [0.15, 0.2) is 18.1 Å². The maximum absolute atomic E-state index is 12.9. The molecule has 0 saturated carbocycles. The number of carbonyl (C=O) groups excluding carboxylic acids is 2. The van der Waals surface area contributed by atoms with Gasteiger partial charge in [-0.2, -0.15) is 4.31 Å². The number of ether oxygens (including phenoxy) is 3. The summed E-state index contributed by atoms with van der Waals surface area (Å²) in [5.41, 5.74) is 0. The van der Waals surface area contributed by atoms with E-state index < -0.39 is 21.9 Å². The largest absolute Gasteiger partial charge is 0.490 e. The average Bonchev–Trinajstić information content (AvgIpc) is 2.96. The van der Waals surface area contributed by atoms with Gasteiger partial charge in [-0.05, 0) is 25.0 Å². The van der Waals surface area contributed by atoms with E-state index in [1.165, 1.54) is 23.5 Å². The highest BCUT2D eigenvalue weighted by atomic mass is 32.2. The summed E-state index contributed by atoms with van der Waals surface area (Å²) in [4.78, 5) is 23.3. The summed E-state index contributed by atoms with van der Waals surface area (Å²) in [6.45, 7) is 1.08. The van der Waals surface area contributed by atoms with Crippen LogP contribution in [0.3, 0.4) is 0 Å². The van der Waals surface area contributed by atoms with E-state index in [0.717, 1.165) is 6.42 Å². The molecule has 1 aromatic carbocycles. The number of sulfonamides is 1. The molecule has 1 N–H and O–H groups in total. The van der Waals surface area contributed by atoms with Crippen molar-refractivity contribution in [3.63, 3.8) is 0 Å². The number of hydrogen-bond donors (Lipinski definition) is 1. The van der Waals surface area contributed by atoms with Crippen molar-refractivity contribution < 1.29 is 32.2 Å². The van der Waals surface area contributed by atoms with Gasteiger partial charge in [-0.25, -0.2) is 8.42 Å². The molecule has 0 atom stereocenters. The zero-order valence-electron chi connectivity index (χ0n) is 15.7. The minimum absolute atomic E-state index is 0.136. The van der Waals surface area contributed by atoms with Gasteiger partial charge in [-0.15, -0.1) is 0 Å².